The Kier molecular flexibility index (Phi) is 2.61. The highest BCUT2D eigenvalue weighted by Crippen LogP contribution is 2.19. The van der Waals surface area contributed by atoms with E-state index in [0.29, 0.717) is 0 Å². The number of aromatic nitrogens is 4. The highest BCUT2D eigenvalue weighted by atomic mass is 15.3. The van der Waals surface area contributed by atoms with Gasteiger partial charge in [-0.1, -0.05) is 12.1 Å². The van der Waals surface area contributed by atoms with Crippen molar-refractivity contribution in [3.05, 3.63) is 60.6 Å². The van der Waals surface area contributed by atoms with E-state index in [4.69, 9.17) is 0 Å². The maximum atomic E-state index is 4.42. The van der Waals surface area contributed by atoms with Gasteiger partial charge in [-0.05, 0) is 36.8 Å². The third-order valence-corrected chi connectivity index (χ3v) is 2.68. The van der Waals surface area contributed by atoms with E-state index < -0.39 is 0 Å². The van der Waals surface area contributed by atoms with Crippen molar-refractivity contribution >= 4 is 0 Å². The second-order valence-corrected chi connectivity index (χ2v) is 4.04. The van der Waals surface area contributed by atoms with Gasteiger partial charge in [0.1, 0.15) is 0 Å². The maximum Gasteiger partial charge on any atom is 0.154 e. The van der Waals surface area contributed by atoms with Crippen LogP contribution in [0, 0.1) is 6.92 Å². The van der Waals surface area contributed by atoms with Crippen molar-refractivity contribution in [3.8, 4) is 17.2 Å². The van der Waals surface area contributed by atoms with Gasteiger partial charge in [-0.3, -0.25) is 4.98 Å². The highest BCUT2D eigenvalue weighted by molar-refractivity contribution is 5.56. The molecule has 0 atom stereocenters. The van der Waals surface area contributed by atoms with Crippen LogP contribution in [-0.2, 0) is 0 Å². The zero-order valence-electron chi connectivity index (χ0n) is 9.99. The molecule has 3 aromatic rings. The number of hydrogen-bond donors (Lipinski definition) is 0. The van der Waals surface area contributed by atoms with Crippen molar-refractivity contribution in [1.29, 1.82) is 0 Å². The Labute approximate surface area is 105 Å². The van der Waals surface area contributed by atoms with Gasteiger partial charge in [-0.25, -0.2) is 9.67 Å². The standard InChI is InChI=1S/C14H12N4/c1-11-5-6-12(16-10-11)13-7-9-17-18(13)14-4-2-3-8-15-14/h2-10H,1H3. The molecular formula is C14H12N4. The highest BCUT2D eigenvalue weighted by Gasteiger charge is 2.08. The Bertz CT molecular complexity index is 641. The van der Waals surface area contributed by atoms with Gasteiger partial charge in [0.05, 0.1) is 17.6 Å². The third kappa shape index (κ3) is 1.88. The molecule has 3 heterocycles. The van der Waals surface area contributed by atoms with Crippen molar-refractivity contribution in [2.24, 2.45) is 0 Å². The molecule has 0 aliphatic heterocycles. The van der Waals surface area contributed by atoms with Crippen LogP contribution in [-0.4, -0.2) is 19.7 Å². The van der Waals surface area contributed by atoms with Crippen LogP contribution in [0.15, 0.2) is 55.0 Å². The second-order valence-electron chi connectivity index (χ2n) is 4.04. The van der Waals surface area contributed by atoms with Crippen molar-refractivity contribution in [2.45, 2.75) is 6.92 Å². The van der Waals surface area contributed by atoms with E-state index in [1.807, 2.05) is 49.5 Å². The molecule has 0 unspecified atom stereocenters. The van der Waals surface area contributed by atoms with Crippen LogP contribution in [0.4, 0.5) is 0 Å². The summed E-state index contributed by atoms with van der Waals surface area (Å²) in [6.07, 6.45) is 5.36. The molecule has 0 saturated heterocycles. The van der Waals surface area contributed by atoms with E-state index in [1.165, 1.54) is 0 Å². The number of aryl methyl sites for hydroxylation is 1. The van der Waals surface area contributed by atoms with Crippen LogP contribution in [0.2, 0.25) is 0 Å². The van der Waals surface area contributed by atoms with E-state index in [9.17, 15) is 0 Å². The van der Waals surface area contributed by atoms with Gasteiger partial charge in [-0.15, -0.1) is 0 Å². The van der Waals surface area contributed by atoms with E-state index in [2.05, 4.69) is 15.1 Å². The number of pyridine rings is 2. The summed E-state index contributed by atoms with van der Waals surface area (Å²) >= 11 is 0. The Morgan fingerprint density at radius 2 is 1.89 bits per heavy atom. The molecule has 88 valence electrons. The number of hydrogen-bond acceptors (Lipinski definition) is 3. The third-order valence-electron chi connectivity index (χ3n) is 2.68. The van der Waals surface area contributed by atoms with Gasteiger partial charge in [-0.2, -0.15) is 5.10 Å². The van der Waals surface area contributed by atoms with Gasteiger partial charge in [0, 0.05) is 12.4 Å². The first-order valence-corrected chi connectivity index (χ1v) is 5.73. The molecule has 18 heavy (non-hydrogen) atoms. The predicted molar refractivity (Wildman–Crippen MR) is 69.3 cm³/mol. The first-order chi connectivity index (χ1) is 8.84. The summed E-state index contributed by atoms with van der Waals surface area (Å²) in [4.78, 5) is 8.72. The summed E-state index contributed by atoms with van der Waals surface area (Å²) in [6.45, 7) is 2.02. The summed E-state index contributed by atoms with van der Waals surface area (Å²) in [6, 6.07) is 11.7. The molecule has 0 aliphatic carbocycles. The van der Waals surface area contributed by atoms with Gasteiger partial charge >= 0.3 is 0 Å². The normalized spacial score (nSPS) is 10.5. The molecule has 0 amide bonds. The fourth-order valence-corrected chi connectivity index (χ4v) is 1.78. The fourth-order valence-electron chi connectivity index (χ4n) is 1.78. The van der Waals surface area contributed by atoms with Crippen LogP contribution < -0.4 is 0 Å². The average Bonchev–Trinajstić information content (AvgIpc) is 2.90. The zero-order chi connectivity index (χ0) is 12.4. The monoisotopic (exact) mass is 236 g/mol. The molecular weight excluding hydrogens is 224 g/mol. The summed E-state index contributed by atoms with van der Waals surface area (Å²) < 4.78 is 1.79. The molecule has 0 N–H and O–H groups in total. The molecule has 0 radical (unpaired) electrons. The predicted octanol–water partition coefficient (Wildman–Crippen LogP) is 2.64. The van der Waals surface area contributed by atoms with Crippen LogP contribution >= 0.6 is 0 Å². The van der Waals surface area contributed by atoms with Crippen LogP contribution in [0.5, 0.6) is 0 Å². The lowest BCUT2D eigenvalue weighted by atomic mass is 10.2. The van der Waals surface area contributed by atoms with E-state index in [-0.39, 0.29) is 0 Å². The molecule has 3 rings (SSSR count). The first-order valence-electron chi connectivity index (χ1n) is 5.73. The minimum atomic E-state index is 0.792. The van der Waals surface area contributed by atoms with Gasteiger partial charge in [0.2, 0.25) is 0 Å². The number of nitrogens with zero attached hydrogens (tertiary/aromatic N) is 4. The SMILES string of the molecule is Cc1ccc(-c2ccnn2-c2ccccn2)nc1. The molecule has 0 spiro atoms. The quantitative estimate of drug-likeness (QED) is 0.687. The molecule has 0 saturated carbocycles. The summed E-state index contributed by atoms with van der Waals surface area (Å²) in [5.41, 5.74) is 2.97. The lowest BCUT2D eigenvalue weighted by Crippen LogP contribution is -2.01. The van der Waals surface area contributed by atoms with Crippen LogP contribution in [0.25, 0.3) is 17.2 Å². The van der Waals surface area contributed by atoms with E-state index >= 15 is 0 Å². The molecule has 4 nitrogen and oxygen atoms in total. The topological polar surface area (TPSA) is 43.6 Å². The molecule has 0 aromatic carbocycles. The summed E-state index contributed by atoms with van der Waals surface area (Å²) in [5.74, 6) is 0.792. The Hall–Kier alpha value is -2.49. The van der Waals surface area contributed by atoms with Crippen LogP contribution in [0.3, 0.4) is 0 Å². The lowest BCUT2D eigenvalue weighted by Gasteiger charge is -2.05. The molecule has 0 fully saturated rings. The van der Waals surface area contributed by atoms with Gasteiger partial charge in [0.15, 0.2) is 5.82 Å². The minimum absolute atomic E-state index is 0.792. The Morgan fingerprint density at radius 3 is 2.61 bits per heavy atom. The zero-order valence-corrected chi connectivity index (χ0v) is 9.99. The molecule has 4 heteroatoms. The molecule has 0 aliphatic rings. The number of rotatable bonds is 2. The molecule has 0 bridgehead atoms. The summed E-state index contributed by atoms with van der Waals surface area (Å²) in [5, 5.41) is 4.30. The van der Waals surface area contributed by atoms with Crippen molar-refractivity contribution in [3.63, 3.8) is 0 Å². The lowest BCUT2D eigenvalue weighted by molar-refractivity contribution is 0.851. The summed E-state index contributed by atoms with van der Waals surface area (Å²) in [7, 11) is 0. The van der Waals surface area contributed by atoms with Crippen molar-refractivity contribution < 1.29 is 0 Å². The van der Waals surface area contributed by atoms with Gasteiger partial charge < -0.3 is 0 Å². The van der Waals surface area contributed by atoms with Gasteiger partial charge in [0.25, 0.3) is 0 Å². The van der Waals surface area contributed by atoms with Crippen molar-refractivity contribution in [1.82, 2.24) is 19.7 Å². The van der Waals surface area contributed by atoms with E-state index in [1.54, 1.807) is 17.1 Å². The smallest absolute Gasteiger partial charge is 0.154 e. The Morgan fingerprint density at radius 1 is 0.944 bits per heavy atom. The Balaban J connectivity index is 2.10. The van der Waals surface area contributed by atoms with Crippen LogP contribution in [0.1, 0.15) is 5.56 Å². The maximum absolute atomic E-state index is 4.42. The largest absolute Gasteiger partial charge is 0.254 e. The van der Waals surface area contributed by atoms with E-state index in [0.717, 1.165) is 22.8 Å². The first kappa shape index (κ1) is 10.7. The van der Waals surface area contributed by atoms with Crippen molar-refractivity contribution in [2.75, 3.05) is 0 Å². The average molecular weight is 236 g/mol. The molecule has 3 aromatic heterocycles. The fraction of sp³-hybridized carbons (Fsp3) is 0.0714. The minimum Gasteiger partial charge on any atom is -0.254 e. The second kappa shape index (κ2) is 4.41.